The van der Waals surface area contributed by atoms with E-state index in [2.05, 4.69) is 16.0 Å². The molecule has 2 rings (SSSR count). The molecule has 0 aliphatic carbocycles. The van der Waals surface area contributed by atoms with Crippen molar-refractivity contribution < 1.29 is 19.5 Å². The van der Waals surface area contributed by atoms with Crippen LogP contribution < -0.4 is 16.0 Å². The molecule has 7 nitrogen and oxygen atoms in total. The van der Waals surface area contributed by atoms with Gasteiger partial charge in [-0.3, -0.25) is 9.59 Å². The van der Waals surface area contributed by atoms with Gasteiger partial charge >= 0.3 is 12.0 Å². The van der Waals surface area contributed by atoms with Gasteiger partial charge in [0.1, 0.15) is 0 Å². The maximum atomic E-state index is 12.1. The number of para-hydroxylation sites is 1. The quantitative estimate of drug-likeness (QED) is 0.506. The number of carboxylic acid groups (broad SMARTS) is 1. The molecule has 0 bridgehead atoms. The third-order valence-electron chi connectivity index (χ3n) is 4.06. The van der Waals surface area contributed by atoms with Crippen molar-refractivity contribution in [3.63, 3.8) is 0 Å². The Balaban J connectivity index is 1.76. The van der Waals surface area contributed by atoms with Crippen molar-refractivity contribution in [2.75, 3.05) is 11.9 Å². The Bertz CT molecular complexity index is 766. The number of hydrogen-bond donors (Lipinski definition) is 4. The first-order valence-electron chi connectivity index (χ1n) is 9.18. The summed E-state index contributed by atoms with van der Waals surface area (Å²) >= 11 is 0. The number of carbonyl (C=O) groups excluding carboxylic acids is 2. The molecule has 1 unspecified atom stereocenters. The Morgan fingerprint density at radius 2 is 1.54 bits per heavy atom. The minimum atomic E-state index is -0.905. The zero-order valence-electron chi connectivity index (χ0n) is 15.6. The van der Waals surface area contributed by atoms with E-state index >= 15 is 0 Å². The molecule has 0 aromatic heterocycles. The van der Waals surface area contributed by atoms with E-state index in [-0.39, 0.29) is 31.3 Å². The summed E-state index contributed by atoms with van der Waals surface area (Å²) in [6.45, 7) is 0.182. The minimum Gasteiger partial charge on any atom is -0.481 e. The second kappa shape index (κ2) is 11.4. The van der Waals surface area contributed by atoms with Gasteiger partial charge in [-0.1, -0.05) is 48.5 Å². The summed E-state index contributed by atoms with van der Waals surface area (Å²) in [7, 11) is 0. The Hall–Kier alpha value is -3.35. The van der Waals surface area contributed by atoms with Gasteiger partial charge in [0, 0.05) is 31.1 Å². The highest BCUT2D eigenvalue weighted by molar-refractivity contribution is 5.91. The number of nitrogens with one attached hydrogen (secondary N) is 3. The molecule has 2 aromatic carbocycles. The molecule has 3 amide bonds. The fourth-order valence-electron chi connectivity index (χ4n) is 2.69. The first-order valence-corrected chi connectivity index (χ1v) is 9.18. The molecule has 28 heavy (non-hydrogen) atoms. The molecule has 0 spiro atoms. The Morgan fingerprint density at radius 1 is 0.893 bits per heavy atom. The van der Waals surface area contributed by atoms with Crippen molar-refractivity contribution >= 4 is 23.6 Å². The second-order valence-electron chi connectivity index (χ2n) is 6.38. The van der Waals surface area contributed by atoms with Gasteiger partial charge < -0.3 is 21.1 Å². The van der Waals surface area contributed by atoms with Crippen LogP contribution >= 0.6 is 0 Å². The highest BCUT2D eigenvalue weighted by Gasteiger charge is 2.15. The normalized spacial score (nSPS) is 11.3. The van der Waals surface area contributed by atoms with Crippen LogP contribution in [0.3, 0.4) is 0 Å². The minimum absolute atomic E-state index is 0.0305. The number of hydrogen-bond acceptors (Lipinski definition) is 3. The Kier molecular flexibility index (Phi) is 8.52. The number of aliphatic carboxylic acids is 1. The lowest BCUT2D eigenvalue weighted by molar-refractivity contribution is -0.137. The molecule has 2 aromatic rings. The van der Waals surface area contributed by atoms with E-state index in [0.717, 1.165) is 5.56 Å². The van der Waals surface area contributed by atoms with Gasteiger partial charge in [-0.2, -0.15) is 0 Å². The molecule has 0 saturated heterocycles. The molecular formula is C21H25N3O4. The average Bonchev–Trinajstić information content (AvgIpc) is 2.67. The fraction of sp³-hybridized carbons (Fsp3) is 0.286. The predicted octanol–water partition coefficient (Wildman–Crippen LogP) is 2.79. The molecular weight excluding hydrogens is 358 g/mol. The molecule has 0 aliphatic rings. The van der Waals surface area contributed by atoms with Gasteiger partial charge in [0.25, 0.3) is 0 Å². The number of carboxylic acids is 1. The lowest BCUT2D eigenvalue weighted by atomic mass is 10.0. The number of amides is 3. The smallest absolute Gasteiger partial charge is 0.315 e. The van der Waals surface area contributed by atoms with Gasteiger partial charge in [-0.25, -0.2) is 4.79 Å². The molecule has 0 heterocycles. The molecule has 0 fully saturated rings. The highest BCUT2D eigenvalue weighted by atomic mass is 16.4. The van der Waals surface area contributed by atoms with Crippen LogP contribution in [0.1, 0.15) is 24.8 Å². The third-order valence-corrected chi connectivity index (χ3v) is 4.06. The summed E-state index contributed by atoms with van der Waals surface area (Å²) in [5, 5.41) is 17.1. The second-order valence-corrected chi connectivity index (χ2v) is 6.38. The summed E-state index contributed by atoms with van der Waals surface area (Å²) in [5.74, 6) is -1.10. The first-order chi connectivity index (χ1) is 13.5. The van der Waals surface area contributed by atoms with Gasteiger partial charge in [0.05, 0.1) is 0 Å². The van der Waals surface area contributed by atoms with Crippen molar-refractivity contribution in [1.29, 1.82) is 0 Å². The van der Waals surface area contributed by atoms with Gasteiger partial charge in [-0.05, 0) is 30.5 Å². The maximum absolute atomic E-state index is 12.1. The molecule has 0 saturated carbocycles. The summed E-state index contributed by atoms with van der Waals surface area (Å²) < 4.78 is 0. The number of carbonyl (C=O) groups is 3. The predicted molar refractivity (Wildman–Crippen MR) is 107 cm³/mol. The van der Waals surface area contributed by atoms with Gasteiger partial charge in [0.2, 0.25) is 5.91 Å². The average molecular weight is 383 g/mol. The van der Waals surface area contributed by atoms with Crippen molar-refractivity contribution in [3.8, 4) is 0 Å². The van der Waals surface area contributed by atoms with E-state index in [1.165, 1.54) is 0 Å². The SMILES string of the molecule is O=C(O)CCC(Cc1ccccc1)NC(=O)NCCC(=O)Nc1ccccc1. The van der Waals surface area contributed by atoms with Crippen molar-refractivity contribution in [1.82, 2.24) is 10.6 Å². The van der Waals surface area contributed by atoms with Crippen molar-refractivity contribution in [2.24, 2.45) is 0 Å². The van der Waals surface area contributed by atoms with Crippen LogP contribution in [0.25, 0.3) is 0 Å². The lowest BCUT2D eigenvalue weighted by Crippen LogP contribution is -2.44. The standard InChI is InChI=1S/C21H25N3O4/c25-19(23-17-9-5-2-6-10-17)13-14-22-21(28)24-18(11-12-20(26)27)15-16-7-3-1-4-8-16/h1-10,18H,11-15H2,(H,23,25)(H,26,27)(H2,22,24,28). The zero-order chi connectivity index (χ0) is 20.2. The fourth-order valence-corrected chi connectivity index (χ4v) is 2.69. The van der Waals surface area contributed by atoms with Crippen LogP contribution in [-0.4, -0.2) is 35.6 Å². The zero-order valence-corrected chi connectivity index (χ0v) is 15.6. The molecule has 0 aliphatic heterocycles. The van der Waals surface area contributed by atoms with Gasteiger partial charge in [0.15, 0.2) is 0 Å². The topological polar surface area (TPSA) is 108 Å². The number of benzene rings is 2. The number of anilines is 1. The van der Waals surface area contributed by atoms with Crippen molar-refractivity contribution in [2.45, 2.75) is 31.7 Å². The van der Waals surface area contributed by atoms with E-state index in [0.29, 0.717) is 18.5 Å². The van der Waals surface area contributed by atoms with E-state index in [1.807, 2.05) is 48.5 Å². The van der Waals surface area contributed by atoms with Crippen LogP contribution in [0.2, 0.25) is 0 Å². The molecule has 1 atom stereocenters. The Morgan fingerprint density at radius 3 is 2.18 bits per heavy atom. The van der Waals surface area contributed by atoms with Crippen LogP contribution in [-0.2, 0) is 16.0 Å². The van der Waals surface area contributed by atoms with Crippen LogP contribution in [0.15, 0.2) is 60.7 Å². The monoisotopic (exact) mass is 383 g/mol. The lowest BCUT2D eigenvalue weighted by Gasteiger charge is -2.18. The molecule has 7 heteroatoms. The van der Waals surface area contributed by atoms with E-state index in [4.69, 9.17) is 5.11 Å². The van der Waals surface area contributed by atoms with Crippen LogP contribution in [0.5, 0.6) is 0 Å². The van der Waals surface area contributed by atoms with Crippen LogP contribution in [0, 0.1) is 0 Å². The van der Waals surface area contributed by atoms with E-state index in [9.17, 15) is 14.4 Å². The van der Waals surface area contributed by atoms with Gasteiger partial charge in [-0.15, -0.1) is 0 Å². The Labute approximate surface area is 164 Å². The maximum Gasteiger partial charge on any atom is 0.315 e. The van der Waals surface area contributed by atoms with Crippen molar-refractivity contribution in [3.05, 3.63) is 66.2 Å². The van der Waals surface area contributed by atoms with E-state index in [1.54, 1.807) is 12.1 Å². The first kappa shape index (κ1) is 21.0. The number of rotatable bonds is 10. The number of urea groups is 1. The van der Waals surface area contributed by atoms with E-state index < -0.39 is 12.0 Å². The highest BCUT2D eigenvalue weighted by Crippen LogP contribution is 2.08. The molecule has 0 radical (unpaired) electrons. The summed E-state index contributed by atoms with van der Waals surface area (Å²) in [6.07, 6.45) is 0.972. The summed E-state index contributed by atoms with van der Waals surface area (Å²) in [5.41, 5.74) is 1.72. The largest absolute Gasteiger partial charge is 0.481 e. The summed E-state index contributed by atoms with van der Waals surface area (Å²) in [4.78, 5) is 34.9. The van der Waals surface area contributed by atoms with Crippen LogP contribution in [0.4, 0.5) is 10.5 Å². The summed E-state index contributed by atoms with van der Waals surface area (Å²) in [6, 6.07) is 17.9. The molecule has 4 N–H and O–H groups in total. The third kappa shape index (κ3) is 8.35. The molecule has 148 valence electrons.